The van der Waals surface area contributed by atoms with Crippen molar-refractivity contribution in [3.63, 3.8) is 0 Å². The SMILES string of the molecule is CC(C)OCCCNC(=O)c1ccc(NO)cc1.CCOCCCNC(=O)c1ccc(NO)cc1. The van der Waals surface area contributed by atoms with Crippen molar-refractivity contribution in [2.24, 2.45) is 0 Å². The Labute approximate surface area is 206 Å². The molecule has 0 heterocycles. The maximum absolute atomic E-state index is 11.7. The van der Waals surface area contributed by atoms with E-state index >= 15 is 0 Å². The zero-order chi connectivity index (χ0) is 25.9. The molecule has 0 spiro atoms. The largest absolute Gasteiger partial charge is 0.382 e. The minimum Gasteiger partial charge on any atom is -0.382 e. The van der Waals surface area contributed by atoms with Gasteiger partial charge in [-0.15, -0.1) is 0 Å². The molecule has 194 valence electrons. The first-order chi connectivity index (χ1) is 16.9. The number of hydrogen-bond donors (Lipinski definition) is 6. The third-order valence-electron chi connectivity index (χ3n) is 4.57. The van der Waals surface area contributed by atoms with E-state index < -0.39 is 0 Å². The summed E-state index contributed by atoms with van der Waals surface area (Å²) in [5, 5.41) is 22.9. The van der Waals surface area contributed by atoms with Gasteiger partial charge in [-0.3, -0.25) is 31.0 Å². The van der Waals surface area contributed by atoms with Crippen LogP contribution in [0.25, 0.3) is 0 Å². The highest BCUT2D eigenvalue weighted by Crippen LogP contribution is 2.09. The summed E-state index contributed by atoms with van der Waals surface area (Å²) < 4.78 is 10.5. The molecule has 0 radical (unpaired) electrons. The van der Waals surface area contributed by atoms with E-state index in [0.29, 0.717) is 55.4 Å². The van der Waals surface area contributed by atoms with Crippen LogP contribution in [-0.4, -0.2) is 61.2 Å². The Morgan fingerprint density at radius 1 is 0.771 bits per heavy atom. The van der Waals surface area contributed by atoms with E-state index in [1.54, 1.807) is 48.5 Å². The molecule has 2 amide bonds. The lowest BCUT2D eigenvalue weighted by Crippen LogP contribution is -2.25. The quantitative estimate of drug-likeness (QED) is 0.174. The van der Waals surface area contributed by atoms with Crippen LogP contribution in [0.2, 0.25) is 0 Å². The number of carbonyl (C=O) groups excluding carboxylic acids is 2. The predicted molar refractivity (Wildman–Crippen MR) is 135 cm³/mol. The smallest absolute Gasteiger partial charge is 0.251 e. The van der Waals surface area contributed by atoms with Gasteiger partial charge in [0.25, 0.3) is 11.8 Å². The highest BCUT2D eigenvalue weighted by molar-refractivity contribution is 5.95. The number of rotatable bonds is 14. The number of hydrogen-bond acceptors (Lipinski definition) is 8. The maximum atomic E-state index is 11.7. The van der Waals surface area contributed by atoms with E-state index in [2.05, 4.69) is 10.6 Å². The third-order valence-corrected chi connectivity index (χ3v) is 4.57. The van der Waals surface area contributed by atoms with Gasteiger partial charge in [-0.1, -0.05) is 0 Å². The molecular formula is C25H38N4O6. The molecule has 0 fully saturated rings. The van der Waals surface area contributed by atoms with Crippen LogP contribution in [0, 0.1) is 0 Å². The van der Waals surface area contributed by atoms with Gasteiger partial charge in [0.15, 0.2) is 0 Å². The second-order valence-electron chi connectivity index (χ2n) is 7.71. The molecule has 10 nitrogen and oxygen atoms in total. The Balaban J connectivity index is 0.000000351. The van der Waals surface area contributed by atoms with Crippen molar-refractivity contribution in [1.82, 2.24) is 10.6 Å². The van der Waals surface area contributed by atoms with Crippen LogP contribution >= 0.6 is 0 Å². The van der Waals surface area contributed by atoms with Crippen molar-refractivity contribution in [1.29, 1.82) is 0 Å². The molecule has 35 heavy (non-hydrogen) atoms. The average Bonchev–Trinajstić information content (AvgIpc) is 2.88. The van der Waals surface area contributed by atoms with Gasteiger partial charge < -0.3 is 20.1 Å². The molecule has 0 aliphatic carbocycles. The van der Waals surface area contributed by atoms with Gasteiger partial charge in [0.05, 0.1) is 17.5 Å². The molecule has 2 aromatic rings. The lowest BCUT2D eigenvalue weighted by molar-refractivity contribution is 0.0757. The van der Waals surface area contributed by atoms with Gasteiger partial charge in [0, 0.05) is 44.0 Å². The normalized spacial score (nSPS) is 10.2. The number of benzene rings is 2. The first-order valence-electron chi connectivity index (χ1n) is 11.7. The Morgan fingerprint density at radius 3 is 1.57 bits per heavy atom. The van der Waals surface area contributed by atoms with Gasteiger partial charge in [-0.2, -0.15) is 0 Å². The van der Waals surface area contributed by atoms with Crippen LogP contribution in [0.4, 0.5) is 11.4 Å². The third kappa shape index (κ3) is 13.3. The topological polar surface area (TPSA) is 141 Å². The highest BCUT2D eigenvalue weighted by Gasteiger charge is 2.05. The van der Waals surface area contributed by atoms with E-state index in [9.17, 15) is 9.59 Å². The van der Waals surface area contributed by atoms with Crippen molar-refractivity contribution < 1.29 is 29.5 Å². The second kappa shape index (κ2) is 18.2. The summed E-state index contributed by atoms with van der Waals surface area (Å²) in [6, 6.07) is 13.1. The van der Waals surface area contributed by atoms with Crippen LogP contribution < -0.4 is 21.6 Å². The van der Waals surface area contributed by atoms with Gasteiger partial charge in [0.2, 0.25) is 0 Å². The lowest BCUT2D eigenvalue weighted by atomic mass is 10.2. The van der Waals surface area contributed by atoms with Crippen LogP contribution in [0.5, 0.6) is 0 Å². The first kappa shape index (κ1) is 29.9. The second-order valence-corrected chi connectivity index (χ2v) is 7.71. The summed E-state index contributed by atoms with van der Waals surface area (Å²) in [6.07, 6.45) is 1.81. The maximum Gasteiger partial charge on any atom is 0.251 e. The van der Waals surface area contributed by atoms with Crippen LogP contribution in [0.1, 0.15) is 54.3 Å². The lowest BCUT2D eigenvalue weighted by Gasteiger charge is -2.08. The fourth-order valence-electron chi connectivity index (χ4n) is 2.71. The first-order valence-corrected chi connectivity index (χ1v) is 11.7. The summed E-state index contributed by atoms with van der Waals surface area (Å²) >= 11 is 0. The van der Waals surface area contributed by atoms with E-state index in [4.69, 9.17) is 19.9 Å². The Hall–Kier alpha value is -3.18. The van der Waals surface area contributed by atoms with E-state index in [1.807, 2.05) is 31.7 Å². The van der Waals surface area contributed by atoms with Gasteiger partial charge in [0.1, 0.15) is 0 Å². The fraction of sp³-hybridized carbons (Fsp3) is 0.440. The van der Waals surface area contributed by atoms with Gasteiger partial charge in [-0.05, 0) is 82.1 Å². The van der Waals surface area contributed by atoms with Gasteiger partial charge in [-0.25, -0.2) is 0 Å². The number of amides is 2. The van der Waals surface area contributed by atoms with Crippen molar-refractivity contribution >= 4 is 23.2 Å². The van der Waals surface area contributed by atoms with Crippen LogP contribution in [-0.2, 0) is 9.47 Å². The minimum atomic E-state index is -0.121. The van der Waals surface area contributed by atoms with Crippen LogP contribution in [0.15, 0.2) is 48.5 Å². The Kier molecular flexibility index (Phi) is 15.5. The molecule has 0 saturated carbocycles. The van der Waals surface area contributed by atoms with Crippen molar-refractivity contribution in [3.8, 4) is 0 Å². The molecule has 0 bridgehead atoms. The molecule has 2 rings (SSSR count). The molecule has 0 aliphatic rings. The Morgan fingerprint density at radius 2 is 1.20 bits per heavy atom. The fourth-order valence-corrected chi connectivity index (χ4v) is 2.71. The van der Waals surface area contributed by atoms with Crippen molar-refractivity contribution in [2.75, 3.05) is 43.9 Å². The number of anilines is 2. The molecule has 0 aliphatic heterocycles. The standard InChI is InChI=1S/C13H20N2O3.C12H18N2O3/c1-10(2)18-9-3-8-14-13(16)11-4-6-12(15-17)7-5-11;1-2-17-9-3-8-13-12(15)10-4-6-11(14-16)7-5-10/h4-7,10,15,17H,3,8-9H2,1-2H3,(H,14,16);4-7,14,16H,2-3,8-9H2,1H3,(H,13,15). The minimum absolute atomic E-state index is 0.119. The number of ether oxygens (including phenoxy) is 2. The number of carbonyl (C=O) groups is 2. The van der Waals surface area contributed by atoms with E-state index in [1.165, 1.54) is 0 Å². The molecule has 0 aromatic heterocycles. The summed E-state index contributed by atoms with van der Waals surface area (Å²) in [5.41, 5.74) is 6.27. The van der Waals surface area contributed by atoms with Crippen molar-refractivity contribution in [3.05, 3.63) is 59.7 Å². The van der Waals surface area contributed by atoms with Crippen LogP contribution in [0.3, 0.4) is 0 Å². The zero-order valence-electron chi connectivity index (χ0n) is 20.7. The monoisotopic (exact) mass is 490 g/mol. The molecule has 0 saturated heterocycles. The molecule has 0 unspecified atom stereocenters. The molecular weight excluding hydrogens is 452 g/mol. The van der Waals surface area contributed by atoms with E-state index in [-0.39, 0.29) is 17.9 Å². The van der Waals surface area contributed by atoms with Crippen molar-refractivity contribution in [2.45, 2.75) is 39.7 Å². The summed E-state index contributed by atoms with van der Waals surface area (Å²) in [5.74, 6) is -0.241. The van der Waals surface area contributed by atoms with Gasteiger partial charge >= 0.3 is 0 Å². The van der Waals surface area contributed by atoms with E-state index in [0.717, 1.165) is 12.8 Å². The summed E-state index contributed by atoms with van der Waals surface area (Å²) in [4.78, 5) is 23.3. The summed E-state index contributed by atoms with van der Waals surface area (Å²) in [6.45, 7) is 9.09. The molecule has 10 heteroatoms. The summed E-state index contributed by atoms with van der Waals surface area (Å²) in [7, 11) is 0. The molecule has 6 N–H and O–H groups in total. The molecule has 0 atom stereocenters. The average molecular weight is 491 g/mol. The predicted octanol–water partition coefficient (Wildman–Crippen LogP) is 3.68. The Bertz CT molecular complexity index is 844. The number of nitrogens with one attached hydrogen (secondary N) is 4. The highest BCUT2D eigenvalue weighted by atomic mass is 16.5. The molecule has 2 aromatic carbocycles. The zero-order valence-corrected chi connectivity index (χ0v) is 20.7.